The normalized spacial score (nSPS) is 11.9. The number of carbonyl (C=O) groups is 2. The van der Waals surface area contributed by atoms with E-state index in [1.165, 1.54) is 9.91 Å². The smallest absolute Gasteiger partial charge is 0.315 e. The van der Waals surface area contributed by atoms with Crippen LogP contribution in [0.15, 0.2) is 12.3 Å². The number of hydrogen-bond acceptors (Lipinski definition) is 7. The zero-order valence-corrected chi connectivity index (χ0v) is 14.4. The highest BCUT2D eigenvalue weighted by atomic mass is 16.5. The van der Waals surface area contributed by atoms with Crippen molar-refractivity contribution in [2.75, 3.05) is 11.7 Å². The van der Waals surface area contributed by atoms with E-state index in [0.29, 0.717) is 11.5 Å². The number of fused-ring (bicyclic) bond motifs is 1. The molecule has 2 aromatic rings. The van der Waals surface area contributed by atoms with E-state index in [-0.39, 0.29) is 13.0 Å². The van der Waals surface area contributed by atoms with Crippen molar-refractivity contribution in [3.63, 3.8) is 0 Å². The number of rotatable bonds is 7. The van der Waals surface area contributed by atoms with Gasteiger partial charge in [0.2, 0.25) is 0 Å². The number of esters is 1. The number of ether oxygens (including phenoxy) is 1. The fraction of sp³-hybridized carbons (Fsp3) is 0.438. The molecule has 1 aliphatic heterocycles. The van der Waals surface area contributed by atoms with Gasteiger partial charge in [0.05, 0.1) is 18.0 Å². The molecule has 1 aliphatic rings. The molecule has 9 nitrogen and oxygen atoms in total. The quantitative estimate of drug-likeness (QED) is 0.457. The first kappa shape index (κ1) is 16.9. The van der Waals surface area contributed by atoms with Gasteiger partial charge in [-0.2, -0.15) is 0 Å². The fourth-order valence-electron chi connectivity index (χ4n) is 2.44. The van der Waals surface area contributed by atoms with Crippen molar-refractivity contribution in [3.05, 3.63) is 23.7 Å². The molecule has 132 valence electrons. The largest absolute Gasteiger partial charge is 0.466 e. The Morgan fingerprint density at radius 2 is 2.12 bits per heavy atom. The summed E-state index contributed by atoms with van der Waals surface area (Å²) in [6.07, 6.45) is 3.32. The maximum atomic E-state index is 11.8. The maximum Gasteiger partial charge on any atom is 0.315 e. The lowest BCUT2D eigenvalue weighted by Crippen LogP contribution is -2.36. The minimum atomic E-state index is -0.557. The Hall–Kier alpha value is -2.97. The third-order valence-electron chi connectivity index (χ3n) is 3.64. The summed E-state index contributed by atoms with van der Waals surface area (Å²) in [6, 6.07) is 1.82. The van der Waals surface area contributed by atoms with E-state index < -0.39 is 11.9 Å². The first-order chi connectivity index (χ1) is 12.0. The van der Waals surface area contributed by atoms with Crippen molar-refractivity contribution < 1.29 is 14.3 Å². The van der Waals surface area contributed by atoms with Gasteiger partial charge in [0.15, 0.2) is 5.82 Å². The van der Waals surface area contributed by atoms with Crippen LogP contribution in [0.2, 0.25) is 0 Å². The third kappa shape index (κ3) is 3.59. The van der Waals surface area contributed by atoms with Crippen molar-refractivity contribution >= 4 is 17.7 Å². The summed E-state index contributed by atoms with van der Waals surface area (Å²) < 4.78 is 4.74. The molecule has 25 heavy (non-hydrogen) atoms. The highest BCUT2D eigenvalue weighted by molar-refractivity contribution is 5.95. The lowest BCUT2D eigenvalue weighted by atomic mass is 10.2. The van der Waals surface area contributed by atoms with Gasteiger partial charge in [0.1, 0.15) is 17.8 Å². The average Bonchev–Trinajstić information content (AvgIpc) is 3.01. The number of aryl methyl sites for hydroxylation is 2. The molecule has 0 saturated heterocycles. The molecule has 0 fully saturated rings. The van der Waals surface area contributed by atoms with Crippen LogP contribution in [-0.2, 0) is 20.7 Å². The molecule has 3 heterocycles. The van der Waals surface area contributed by atoms with Crippen LogP contribution in [-0.4, -0.2) is 38.3 Å². The molecule has 0 aromatic carbocycles. The summed E-state index contributed by atoms with van der Waals surface area (Å²) in [5.41, 5.74) is 5.75. The Balaban J connectivity index is 1.64. The van der Waals surface area contributed by atoms with Crippen LogP contribution in [0.4, 0.5) is 5.82 Å². The summed E-state index contributed by atoms with van der Waals surface area (Å²) in [7, 11) is 0. The van der Waals surface area contributed by atoms with Crippen molar-refractivity contribution in [1.82, 2.24) is 25.3 Å². The molecule has 0 unspecified atom stereocenters. The van der Waals surface area contributed by atoms with Crippen LogP contribution in [0.5, 0.6) is 0 Å². The van der Waals surface area contributed by atoms with Gasteiger partial charge in [-0.15, -0.1) is 15.0 Å². The third-order valence-corrected chi connectivity index (χ3v) is 3.64. The SMILES string of the molecule is CCCc1cnc(C)c(-c2cc3n(n2)N3NC(=O)CC(=O)OCC)n1. The predicted octanol–water partition coefficient (Wildman–Crippen LogP) is 1.17. The average molecular weight is 344 g/mol. The Morgan fingerprint density at radius 1 is 1.32 bits per heavy atom. The minimum absolute atomic E-state index is 0.248. The van der Waals surface area contributed by atoms with Crippen molar-refractivity contribution in [3.8, 4) is 11.4 Å². The molecule has 1 amide bonds. The van der Waals surface area contributed by atoms with Crippen molar-refractivity contribution in [2.24, 2.45) is 0 Å². The van der Waals surface area contributed by atoms with Gasteiger partial charge in [-0.1, -0.05) is 13.3 Å². The molecule has 2 aromatic heterocycles. The van der Waals surface area contributed by atoms with E-state index in [2.05, 4.69) is 27.4 Å². The lowest BCUT2D eigenvalue weighted by Gasteiger charge is -2.07. The number of amides is 1. The zero-order valence-electron chi connectivity index (χ0n) is 14.4. The molecular weight excluding hydrogens is 324 g/mol. The van der Waals surface area contributed by atoms with Gasteiger partial charge in [-0.05, 0) is 20.3 Å². The first-order valence-corrected chi connectivity index (χ1v) is 8.22. The van der Waals surface area contributed by atoms with E-state index in [1.54, 1.807) is 13.1 Å². The summed E-state index contributed by atoms with van der Waals surface area (Å²) in [6.45, 7) is 5.92. The second-order valence-electron chi connectivity index (χ2n) is 5.65. The molecule has 0 radical (unpaired) electrons. The van der Waals surface area contributed by atoms with Crippen LogP contribution in [0, 0.1) is 6.92 Å². The van der Waals surface area contributed by atoms with E-state index >= 15 is 0 Å². The van der Waals surface area contributed by atoms with E-state index in [4.69, 9.17) is 4.74 Å². The molecule has 0 atom stereocenters. The molecule has 9 heteroatoms. The number of carbonyl (C=O) groups excluding carboxylic acids is 2. The molecule has 0 bridgehead atoms. The van der Waals surface area contributed by atoms with Crippen LogP contribution in [0.3, 0.4) is 0 Å². The van der Waals surface area contributed by atoms with Gasteiger partial charge in [0, 0.05) is 12.3 Å². The molecule has 3 rings (SSSR count). The Morgan fingerprint density at radius 3 is 2.76 bits per heavy atom. The summed E-state index contributed by atoms with van der Waals surface area (Å²) in [4.78, 5) is 33.6. The van der Waals surface area contributed by atoms with E-state index in [0.717, 1.165) is 29.9 Å². The summed E-state index contributed by atoms with van der Waals surface area (Å²) in [5.74, 6) is -0.292. The monoisotopic (exact) mass is 344 g/mol. The summed E-state index contributed by atoms with van der Waals surface area (Å²) >= 11 is 0. The molecule has 1 N–H and O–H groups in total. The summed E-state index contributed by atoms with van der Waals surface area (Å²) in [5, 5.41) is 5.86. The number of hydrogen-bond donors (Lipinski definition) is 1. The van der Waals surface area contributed by atoms with Crippen LogP contribution < -0.4 is 10.5 Å². The van der Waals surface area contributed by atoms with Crippen molar-refractivity contribution in [2.45, 2.75) is 40.0 Å². The topological polar surface area (TPSA) is 102 Å². The first-order valence-electron chi connectivity index (χ1n) is 8.22. The number of nitrogens with one attached hydrogen (secondary N) is 1. The van der Waals surface area contributed by atoms with Crippen LogP contribution in [0.25, 0.3) is 11.4 Å². The Bertz CT molecular complexity index is 795. The molecular formula is C16H20N6O3. The highest BCUT2D eigenvalue weighted by Crippen LogP contribution is 2.33. The van der Waals surface area contributed by atoms with Crippen LogP contribution in [0.1, 0.15) is 38.1 Å². The standard InChI is InChI=1S/C16H20N6O3/c1-4-6-11-9-17-10(3)16(18-11)12-7-14-21(19-12)22(14)20-13(23)8-15(24)25-5-2/h7,9H,4-6,8H2,1-3H3,(H,20,23). The Labute approximate surface area is 145 Å². The van der Waals surface area contributed by atoms with Crippen LogP contribution >= 0.6 is 0 Å². The van der Waals surface area contributed by atoms with Gasteiger partial charge in [0.25, 0.3) is 5.91 Å². The van der Waals surface area contributed by atoms with Gasteiger partial charge >= 0.3 is 5.97 Å². The second kappa shape index (κ2) is 6.88. The maximum absolute atomic E-state index is 11.8. The van der Waals surface area contributed by atoms with Crippen molar-refractivity contribution in [1.29, 1.82) is 0 Å². The van der Waals surface area contributed by atoms with Gasteiger partial charge in [-0.3, -0.25) is 14.6 Å². The minimum Gasteiger partial charge on any atom is -0.466 e. The van der Waals surface area contributed by atoms with Gasteiger partial charge < -0.3 is 4.74 Å². The van der Waals surface area contributed by atoms with E-state index in [1.807, 2.05) is 13.0 Å². The fourth-order valence-corrected chi connectivity index (χ4v) is 2.44. The lowest BCUT2D eigenvalue weighted by molar-refractivity contribution is -0.145. The molecule has 0 saturated carbocycles. The number of aromatic nitrogens is 4. The van der Waals surface area contributed by atoms with Gasteiger partial charge in [-0.25, -0.2) is 10.4 Å². The number of nitrogens with zero attached hydrogens (tertiary/aromatic N) is 5. The number of hydrazine groups is 1. The molecule has 0 aliphatic carbocycles. The second-order valence-corrected chi connectivity index (χ2v) is 5.65. The predicted molar refractivity (Wildman–Crippen MR) is 89.3 cm³/mol. The molecule has 0 spiro atoms. The Kier molecular flexibility index (Phi) is 4.64. The number of anilines is 1. The van der Waals surface area contributed by atoms with E-state index in [9.17, 15) is 9.59 Å². The zero-order chi connectivity index (χ0) is 18.0. The highest BCUT2D eigenvalue weighted by Gasteiger charge is 2.35.